The quantitative estimate of drug-likeness (QED) is 0.283. The zero-order valence-electron chi connectivity index (χ0n) is 17.6. The molecule has 0 bridgehead atoms. The second-order valence-electron chi connectivity index (χ2n) is 6.51. The number of rotatable bonds is 21. The molecular formula is C20H39NO7. The van der Waals surface area contributed by atoms with E-state index in [0.29, 0.717) is 46.1 Å². The maximum Gasteiger partial charge on any atom is 0.326 e. The number of ether oxygens (including phenoxy) is 4. The molecule has 0 spiro atoms. The molecule has 0 aromatic rings. The van der Waals surface area contributed by atoms with Gasteiger partial charge >= 0.3 is 5.97 Å². The normalized spacial score (nSPS) is 12.1. The summed E-state index contributed by atoms with van der Waals surface area (Å²) >= 11 is 0. The van der Waals surface area contributed by atoms with Crippen LogP contribution in [0.25, 0.3) is 0 Å². The molecule has 0 saturated heterocycles. The van der Waals surface area contributed by atoms with Gasteiger partial charge in [-0.25, -0.2) is 4.79 Å². The highest BCUT2D eigenvalue weighted by molar-refractivity contribution is 5.83. The Labute approximate surface area is 169 Å². The van der Waals surface area contributed by atoms with Crippen LogP contribution in [0, 0.1) is 0 Å². The third kappa shape index (κ3) is 18.2. The Morgan fingerprint density at radius 2 is 1.29 bits per heavy atom. The van der Waals surface area contributed by atoms with Gasteiger partial charge in [-0.15, -0.1) is 0 Å². The number of carbonyl (C=O) groups excluding carboxylic acids is 1. The van der Waals surface area contributed by atoms with E-state index in [2.05, 4.69) is 19.2 Å². The first-order chi connectivity index (χ1) is 13.6. The van der Waals surface area contributed by atoms with Crippen LogP contribution in [0.2, 0.25) is 0 Å². The van der Waals surface area contributed by atoms with Gasteiger partial charge in [0.15, 0.2) is 0 Å². The lowest BCUT2D eigenvalue weighted by Gasteiger charge is -2.14. The molecular weight excluding hydrogens is 366 g/mol. The second kappa shape index (κ2) is 20.5. The Bertz CT molecular complexity index is 380. The molecule has 0 aliphatic carbocycles. The number of amides is 1. The number of aliphatic carboxylic acids is 1. The predicted molar refractivity (Wildman–Crippen MR) is 107 cm³/mol. The average molecular weight is 406 g/mol. The van der Waals surface area contributed by atoms with Gasteiger partial charge in [-0.1, -0.05) is 39.5 Å². The van der Waals surface area contributed by atoms with Gasteiger partial charge in [0.25, 0.3) is 0 Å². The molecule has 0 heterocycles. The number of hydrogen-bond donors (Lipinski definition) is 2. The van der Waals surface area contributed by atoms with Crippen LogP contribution in [-0.2, 0) is 28.5 Å². The van der Waals surface area contributed by atoms with Crippen molar-refractivity contribution in [3.05, 3.63) is 0 Å². The Kier molecular flexibility index (Phi) is 19.6. The van der Waals surface area contributed by atoms with Crippen LogP contribution in [0.5, 0.6) is 0 Å². The Morgan fingerprint density at radius 3 is 1.79 bits per heavy atom. The third-order valence-electron chi connectivity index (χ3n) is 3.92. The highest BCUT2D eigenvalue weighted by Crippen LogP contribution is 2.06. The molecule has 166 valence electrons. The van der Waals surface area contributed by atoms with Crippen molar-refractivity contribution in [1.82, 2.24) is 5.32 Å². The molecule has 0 aromatic heterocycles. The fourth-order valence-corrected chi connectivity index (χ4v) is 2.37. The van der Waals surface area contributed by atoms with Crippen molar-refractivity contribution in [1.29, 1.82) is 0 Å². The van der Waals surface area contributed by atoms with E-state index < -0.39 is 12.0 Å². The van der Waals surface area contributed by atoms with Gasteiger partial charge in [-0.2, -0.15) is 0 Å². The largest absolute Gasteiger partial charge is 0.480 e. The average Bonchev–Trinajstić information content (AvgIpc) is 2.67. The minimum absolute atomic E-state index is 0.139. The van der Waals surface area contributed by atoms with E-state index in [1.165, 1.54) is 0 Å². The van der Waals surface area contributed by atoms with Crippen molar-refractivity contribution < 1.29 is 33.6 Å². The maximum atomic E-state index is 11.8. The zero-order chi connectivity index (χ0) is 20.9. The van der Waals surface area contributed by atoms with Crippen LogP contribution in [0.3, 0.4) is 0 Å². The van der Waals surface area contributed by atoms with E-state index >= 15 is 0 Å². The summed E-state index contributed by atoms with van der Waals surface area (Å²) in [4.78, 5) is 23.0. The summed E-state index contributed by atoms with van der Waals surface area (Å²) in [5.41, 5.74) is 0. The second-order valence-corrected chi connectivity index (χ2v) is 6.51. The number of carboxylic acids is 1. The first kappa shape index (κ1) is 26.8. The molecule has 28 heavy (non-hydrogen) atoms. The Hall–Kier alpha value is -1.22. The Balaban J connectivity index is 3.51. The molecule has 1 atom stereocenters. The topological polar surface area (TPSA) is 103 Å². The molecule has 0 aliphatic heterocycles. The van der Waals surface area contributed by atoms with E-state index in [1.54, 1.807) is 0 Å². The monoisotopic (exact) mass is 405 g/mol. The van der Waals surface area contributed by atoms with Crippen LogP contribution in [0.1, 0.15) is 58.8 Å². The van der Waals surface area contributed by atoms with Crippen molar-refractivity contribution in [3.63, 3.8) is 0 Å². The molecule has 2 N–H and O–H groups in total. The molecule has 0 aromatic carbocycles. The highest BCUT2D eigenvalue weighted by atomic mass is 16.6. The molecule has 0 fully saturated rings. The van der Waals surface area contributed by atoms with Crippen LogP contribution in [-0.4, -0.2) is 75.9 Å². The molecule has 0 aliphatic rings. The molecule has 0 saturated carbocycles. The minimum atomic E-state index is -0.988. The summed E-state index contributed by atoms with van der Waals surface area (Å²) in [7, 11) is 0. The van der Waals surface area contributed by atoms with Crippen LogP contribution < -0.4 is 5.32 Å². The van der Waals surface area contributed by atoms with Crippen LogP contribution in [0.4, 0.5) is 0 Å². The van der Waals surface area contributed by atoms with Crippen molar-refractivity contribution in [2.45, 2.75) is 64.8 Å². The number of unbranched alkanes of at least 4 members (excludes halogenated alkanes) is 3. The molecule has 0 rings (SSSR count). The van der Waals surface area contributed by atoms with Crippen molar-refractivity contribution in [2.24, 2.45) is 0 Å². The van der Waals surface area contributed by atoms with E-state index in [1.807, 2.05) is 0 Å². The van der Waals surface area contributed by atoms with Gasteiger partial charge < -0.3 is 29.4 Å². The van der Waals surface area contributed by atoms with Crippen LogP contribution >= 0.6 is 0 Å². The van der Waals surface area contributed by atoms with Crippen molar-refractivity contribution >= 4 is 11.9 Å². The van der Waals surface area contributed by atoms with Crippen molar-refractivity contribution in [3.8, 4) is 0 Å². The van der Waals surface area contributed by atoms with Gasteiger partial charge in [0, 0.05) is 13.0 Å². The van der Waals surface area contributed by atoms with E-state index in [4.69, 9.17) is 18.9 Å². The number of carboxylic acid groups (broad SMARTS) is 1. The smallest absolute Gasteiger partial charge is 0.326 e. The lowest BCUT2D eigenvalue weighted by Crippen LogP contribution is -2.41. The minimum Gasteiger partial charge on any atom is -0.480 e. The summed E-state index contributed by atoms with van der Waals surface area (Å²) < 4.78 is 21.3. The Morgan fingerprint density at radius 1 is 0.750 bits per heavy atom. The summed E-state index contributed by atoms with van der Waals surface area (Å²) in [5, 5.41) is 11.7. The summed E-state index contributed by atoms with van der Waals surface area (Å²) in [5.74, 6) is -1.29. The molecule has 8 heteroatoms. The van der Waals surface area contributed by atoms with E-state index in [9.17, 15) is 14.7 Å². The van der Waals surface area contributed by atoms with E-state index in [-0.39, 0.29) is 18.9 Å². The first-order valence-electron chi connectivity index (χ1n) is 10.4. The molecule has 1 amide bonds. The van der Waals surface area contributed by atoms with Gasteiger partial charge in [0.1, 0.15) is 6.04 Å². The molecule has 0 unspecified atom stereocenters. The summed E-state index contributed by atoms with van der Waals surface area (Å²) in [6.45, 7) is 8.10. The lowest BCUT2D eigenvalue weighted by molar-refractivity contribution is -0.142. The maximum absolute atomic E-state index is 11.8. The van der Waals surface area contributed by atoms with Gasteiger partial charge in [0.05, 0.1) is 46.2 Å². The number of nitrogens with one attached hydrogen (secondary N) is 1. The van der Waals surface area contributed by atoms with E-state index in [0.717, 1.165) is 38.7 Å². The highest BCUT2D eigenvalue weighted by Gasteiger charge is 2.18. The standard InChI is InChI=1S/C20H39NO7/c1-3-5-6-7-8-18(20(23)24)21-19(22)9-11-26-13-15-28-17-16-27-14-12-25-10-4-2/h18H,3-17H2,1-2H3,(H,21,22)(H,23,24)/t18-/m0/s1. The fourth-order valence-electron chi connectivity index (χ4n) is 2.37. The molecule has 8 nitrogen and oxygen atoms in total. The summed E-state index contributed by atoms with van der Waals surface area (Å²) in [6.07, 6.45) is 5.55. The lowest BCUT2D eigenvalue weighted by atomic mass is 10.1. The zero-order valence-corrected chi connectivity index (χ0v) is 17.6. The SMILES string of the molecule is CCCCCC[C@H](NC(=O)CCOCCOCCOCCOCCC)C(=O)O. The summed E-state index contributed by atoms with van der Waals surface area (Å²) in [6, 6.07) is -0.819. The molecule has 0 radical (unpaired) electrons. The fraction of sp³-hybridized carbons (Fsp3) is 0.900. The van der Waals surface area contributed by atoms with Crippen molar-refractivity contribution in [2.75, 3.05) is 52.9 Å². The number of hydrogen-bond acceptors (Lipinski definition) is 6. The predicted octanol–water partition coefficient (Wildman–Crippen LogP) is 2.39. The van der Waals surface area contributed by atoms with Gasteiger partial charge in [-0.05, 0) is 12.8 Å². The first-order valence-corrected chi connectivity index (χ1v) is 10.4. The van der Waals surface area contributed by atoms with Gasteiger partial charge in [-0.3, -0.25) is 4.79 Å². The number of carbonyl (C=O) groups is 2. The third-order valence-corrected chi connectivity index (χ3v) is 3.92. The van der Waals surface area contributed by atoms with Gasteiger partial charge in [0.2, 0.25) is 5.91 Å². The van der Waals surface area contributed by atoms with Crippen LogP contribution in [0.15, 0.2) is 0 Å².